The summed E-state index contributed by atoms with van der Waals surface area (Å²) in [5, 5.41) is 0. The monoisotopic (exact) mass is 342 g/mol. The summed E-state index contributed by atoms with van der Waals surface area (Å²) in [5.41, 5.74) is -4.85. The molecule has 2 aromatic rings. The zero-order chi connectivity index (χ0) is 16.2. The molecule has 0 aliphatic carbocycles. The van der Waals surface area contributed by atoms with Crippen molar-refractivity contribution in [3.05, 3.63) is 26.4 Å². The molecule has 0 radical (unpaired) electrons. The fourth-order valence-electron chi connectivity index (χ4n) is 1.78. The average Bonchev–Trinajstić information content (AvgIpc) is 2.73. The van der Waals surface area contributed by atoms with Crippen molar-refractivity contribution in [2.75, 3.05) is 0 Å². The molecule has 10 heteroatoms. The summed E-state index contributed by atoms with van der Waals surface area (Å²) in [4.78, 5) is 10.6. The molecule has 0 unspecified atom stereocenters. The highest BCUT2D eigenvalue weighted by molar-refractivity contribution is 7.88. The Balaban J connectivity index is 2.74. The number of hydrogen-bond donors (Lipinski definition) is 0. The maximum atomic E-state index is 12.4. The summed E-state index contributed by atoms with van der Waals surface area (Å²) in [5.74, 6) is -0.473. The molecule has 1 aromatic heterocycles. The molecule has 21 heavy (non-hydrogen) atoms. The van der Waals surface area contributed by atoms with Gasteiger partial charge in [-0.3, -0.25) is 0 Å². The molecule has 1 heterocycles. The molecule has 0 aliphatic rings. The first kappa shape index (κ1) is 15.8. The fourth-order valence-corrected chi connectivity index (χ4v) is 3.23. The Kier molecular flexibility index (Phi) is 3.57. The second-order valence-electron chi connectivity index (χ2n) is 4.30. The minimum Gasteiger partial charge on any atom is -0.414 e. The van der Waals surface area contributed by atoms with Gasteiger partial charge in [-0.05, 0) is 31.9 Å². The molecule has 0 saturated heterocycles. The van der Waals surface area contributed by atoms with Crippen LogP contribution in [-0.4, -0.2) is 13.9 Å². The van der Waals surface area contributed by atoms with Crippen molar-refractivity contribution in [2.45, 2.75) is 26.3 Å². The van der Waals surface area contributed by atoms with Gasteiger partial charge >= 0.3 is 20.6 Å². The topological polar surface area (TPSA) is 73.6 Å². The summed E-state index contributed by atoms with van der Waals surface area (Å²) >= 11 is 0.790. The van der Waals surface area contributed by atoms with Gasteiger partial charge in [-0.25, -0.2) is 4.79 Å². The lowest BCUT2D eigenvalue weighted by molar-refractivity contribution is -0.0500. The molecule has 0 bridgehead atoms. The second kappa shape index (κ2) is 4.73. The molecule has 0 N–H and O–H groups in total. The van der Waals surface area contributed by atoms with Crippen molar-refractivity contribution in [3.8, 4) is 5.75 Å². The van der Waals surface area contributed by atoms with Gasteiger partial charge in [0.05, 0.1) is 4.70 Å². The van der Waals surface area contributed by atoms with E-state index in [0.717, 1.165) is 11.3 Å². The van der Waals surface area contributed by atoms with Crippen molar-refractivity contribution in [1.82, 2.24) is 0 Å². The van der Waals surface area contributed by atoms with E-state index in [1.807, 2.05) is 0 Å². The third-order valence-corrected chi connectivity index (χ3v) is 4.88. The Morgan fingerprint density at radius 1 is 1.10 bits per heavy atom. The molecule has 2 rings (SSSR count). The van der Waals surface area contributed by atoms with Crippen molar-refractivity contribution >= 4 is 31.7 Å². The van der Waals surface area contributed by atoms with E-state index in [1.165, 1.54) is 20.8 Å². The fraction of sp³-hybridized carbons (Fsp3) is 0.364. The standard InChI is InChI=1S/C11H9F3O5S2/c1-4-5(2)9-8(18-10(15)20-9)6(3)7(4)19-21(16,17)11(12,13)14/h1-3H3. The van der Waals surface area contributed by atoms with Crippen LogP contribution in [0, 0.1) is 20.8 Å². The van der Waals surface area contributed by atoms with E-state index in [4.69, 9.17) is 4.42 Å². The first-order chi connectivity index (χ1) is 9.45. The Labute approximate surface area is 121 Å². The van der Waals surface area contributed by atoms with Crippen molar-refractivity contribution in [3.63, 3.8) is 0 Å². The van der Waals surface area contributed by atoms with Crippen LogP contribution in [0.4, 0.5) is 13.2 Å². The van der Waals surface area contributed by atoms with E-state index in [1.54, 1.807) is 0 Å². The van der Waals surface area contributed by atoms with Crippen LogP contribution in [0.15, 0.2) is 9.21 Å². The van der Waals surface area contributed by atoms with Crippen molar-refractivity contribution < 1.29 is 30.2 Å². The number of halogens is 3. The predicted molar refractivity (Wildman–Crippen MR) is 70.2 cm³/mol. The number of hydrogen-bond acceptors (Lipinski definition) is 6. The lowest BCUT2D eigenvalue weighted by atomic mass is 10.0. The number of fused-ring (bicyclic) bond motifs is 1. The van der Waals surface area contributed by atoms with Crippen LogP contribution in [0.5, 0.6) is 5.75 Å². The molecule has 116 valence electrons. The molecule has 0 spiro atoms. The van der Waals surface area contributed by atoms with Crippen LogP contribution in [-0.2, 0) is 10.1 Å². The quantitative estimate of drug-likeness (QED) is 0.620. The SMILES string of the molecule is Cc1c(OS(=O)(=O)C(F)(F)F)c(C)c2oc(=O)sc2c1C. The van der Waals surface area contributed by atoms with Crippen molar-refractivity contribution in [1.29, 1.82) is 0 Å². The largest absolute Gasteiger partial charge is 0.534 e. The summed E-state index contributed by atoms with van der Waals surface area (Å²) in [6.07, 6.45) is 0. The summed E-state index contributed by atoms with van der Waals surface area (Å²) in [7, 11) is -5.79. The minimum atomic E-state index is -5.79. The summed E-state index contributed by atoms with van der Waals surface area (Å²) in [6.45, 7) is 4.27. The number of benzene rings is 1. The van der Waals surface area contributed by atoms with E-state index >= 15 is 0 Å². The Bertz CT molecular complexity index is 874. The van der Waals surface area contributed by atoms with Crippen LogP contribution < -0.4 is 9.12 Å². The molecular formula is C11H9F3O5S2. The van der Waals surface area contributed by atoms with Gasteiger partial charge in [0, 0.05) is 5.56 Å². The van der Waals surface area contributed by atoms with Gasteiger partial charge in [-0.2, -0.15) is 21.6 Å². The van der Waals surface area contributed by atoms with Crippen molar-refractivity contribution in [2.24, 2.45) is 0 Å². The number of aryl methyl sites for hydroxylation is 2. The molecule has 0 aliphatic heterocycles. The first-order valence-electron chi connectivity index (χ1n) is 5.50. The van der Waals surface area contributed by atoms with E-state index in [9.17, 15) is 26.4 Å². The molecule has 0 saturated carbocycles. The van der Waals surface area contributed by atoms with E-state index < -0.39 is 26.3 Å². The number of alkyl halides is 3. The van der Waals surface area contributed by atoms with Gasteiger partial charge in [-0.15, -0.1) is 0 Å². The zero-order valence-electron chi connectivity index (χ0n) is 11.0. The molecule has 0 fully saturated rings. The second-order valence-corrected chi connectivity index (χ2v) is 6.78. The van der Waals surface area contributed by atoms with Crippen LogP contribution in [0.2, 0.25) is 0 Å². The summed E-state index contributed by atoms with van der Waals surface area (Å²) in [6, 6.07) is 0. The minimum absolute atomic E-state index is 0.0271. The maximum absolute atomic E-state index is 12.4. The van der Waals surface area contributed by atoms with E-state index in [-0.39, 0.29) is 16.7 Å². The van der Waals surface area contributed by atoms with E-state index in [2.05, 4.69) is 4.18 Å². The highest BCUT2D eigenvalue weighted by atomic mass is 32.2. The van der Waals surface area contributed by atoms with Crippen LogP contribution in [0.3, 0.4) is 0 Å². The Morgan fingerprint density at radius 3 is 2.19 bits per heavy atom. The predicted octanol–water partition coefficient (Wildman–Crippen LogP) is 3.01. The molecular weight excluding hydrogens is 333 g/mol. The summed E-state index contributed by atoms with van der Waals surface area (Å²) < 4.78 is 69.1. The van der Waals surface area contributed by atoms with E-state index in [0.29, 0.717) is 10.3 Å². The first-order valence-corrected chi connectivity index (χ1v) is 7.72. The lowest BCUT2D eigenvalue weighted by Gasteiger charge is -2.15. The van der Waals surface area contributed by atoms with Gasteiger partial charge in [0.15, 0.2) is 11.3 Å². The van der Waals surface area contributed by atoms with Crippen LogP contribution in [0.25, 0.3) is 10.3 Å². The molecule has 1 aromatic carbocycles. The lowest BCUT2D eigenvalue weighted by Crippen LogP contribution is -2.28. The van der Waals surface area contributed by atoms with Gasteiger partial charge in [0.2, 0.25) is 0 Å². The van der Waals surface area contributed by atoms with Gasteiger partial charge in [-0.1, -0.05) is 11.3 Å². The third-order valence-electron chi connectivity index (χ3n) is 2.98. The van der Waals surface area contributed by atoms with Crippen LogP contribution in [0.1, 0.15) is 16.7 Å². The third kappa shape index (κ3) is 2.53. The molecule has 0 atom stereocenters. The Hall–Kier alpha value is -1.55. The highest BCUT2D eigenvalue weighted by Gasteiger charge is 2.49. The highest BCUT2D eigenvalue weighted by Crippen LogP contribution is 2.38. The smallest absolute Gasteiger partial charge is 0.414 e. The van der Waals surface area contributed by atoms with Gasteiger partial charge < -0.3 is 8.60 Å². The molecule has 5 nitrogen and oxygen atoms in total. The number of rotatable bonds is 2. The van der Waals surface area contributed by atoms with Crippen LogP contribution >= 0.6 is 11.3 Å². The molecule has 0 amide bonds. The van der Waals surface area contributed by atoms with Gasteiger partial charge in [0.25, 0.3) is 0 Å². The zero-order valence-corrected chi connectivity index (χ0v) is 12.6. The van der Waals surface area contributed by atoms with Gasteiger partial charge in [0.1, 0.15) is 0 Å². The maximum Gasteiger partial charge on any atom is 0.534 e. The normalized spacial score (nSPS) is 12.9. The average molecular weight is 342 g/mol. The Morgan fingerprint density at radius 2 is 1.67 bits per heavy atom.